The first kappa shape index (κ1) is 31.8. The first-order valence-corrected chi connectivity index (χ1v) is 15.7. The molecule has 2 aromatic rings. The van der Waals surface area contributed by atoms with Crippen LogP contribution in [0.2, 0.25) is 0 Å². The van der Waals surface area contributed by atoms with E-state index >= 15 is 0 Å². The Labute approximate surface area is 257 Å². The van der Waals surface area contributed by atoms with Gasteiger partial charge in [-0.1, -0.05) is 73.8 Å². The van der Waals surface area contributed by atoms with Gasteiger partial charge in [0.2, 0.25) is 28.7 Å². The van der Waals surface area contributed by atoms with Crippen LogP contribution in [0.1, 0.15) is 75.1 Å². The lowest BCUT2D eigenvalue weighted by Gasteiger charge is -2.17. The molecule has 0 radical (unpaired) electrons. The number of quaternary nitrogens is 1. The lowest BCUT2D eigenvalue weighted by molar-refractivity contribution is -0.664. The predicted octanol–water partition coefficient (Wildman–Crippen LogP) is 3.71. The van der Waals surface area contributed by atoms with Gasteiger partial charge in [0.15, 0.2) is 0 Å². The third-order valence-corrected chi connectivity index (χ3v) is 8.08. The van der Waals surface area contributed by atoms with Crippen LogP contribution in [0.15, 0.2) is 72.2 Å². The highest BCUT2D eigenvalue weighted by Crippen LogP contribution is 2.21. The Morgan fingerprint density at radius 3 is 2.63 bits per heavy atom. The van der Waals surface area contributed by atoms with Gasteiger partial charge in [-0.15, -0.1) is 10.2 Å². The van der Waals surface area contributed by atoms with Crippen molar-refractivity contribution in [3.05, 3.63) is 88.4 Å². The van der Waals surface area contributed by atoms with Crippen molar-refractivity contribution in [2.75, 3.05) is 5.32 Å². The van der Waals surface area contributed by atoms with Crippen molar-refractivity contribution in [3.63, 3.8) is 0 Å². The van der Waals surface area contributed by atoms with Crippen molar-refractivity contribution in [2.45, 2.75) is 71.8 Å². The van der Waals surface area contributed by atoms with E-state index in [0.29, 0.717) is 17.4 Å². The summed E-state index contributed by atoms with van der Waals surface area (Å²) in [6.07, 6.45) is 17.2. The molecule has 228 valence electrons. The van der Waals surface area contributed by atoms with E-state index in [2.05, 4.69) is 43.7 Å². The number of allylic oxidation sites excluding steroid dienone is 7. The summed E-state index contributed by atoms with van der Waals surface area (Å²) in [6, 6.07) is 7.63. The number of rotatable bonds is 14. The third kappa shape index (κ3) is 10.6. The molecule has 2 aliphatic rings. The number of carbonyl (C=O) groups is 3. The number of hydrogen-bond acceptors (Lipinski definition) is 7. The Hall–Kier alpha value is -4.09. The monoisotopic (exact) mass is 604 g/mol. The number of unbranched alkanes of at least 4 members (excludes halogenated alkanes) is 1. The molecule has 4 rings (SSSR count). The molecule has 2 heterocycles. The molecule has 10 nitrogen and oxygen atoms in total. The average molecular weight is 605 g/mol. The summed E-state index contributed by atoms with van der Waals surface area (Å²) in [6.45, 7) is 5.67. The molecule has 1 aromatic heterocycles. The SMILES string of the molecule is CC(C)C(=O)NC(C)c1cccc(CC(=O)NC2=CC=C(CCCCc3nnc(NC(=O)CC4C=CC=CC4)s3)N[NH2+]2)c1. The molecule has 2 atom stereocenters. The number of nitrogens with one attached hydrogen (secondary N) is 4. The summed E-state index contributed by atoms with van der Waals surface area (Å²) in [5.74, 6) is 0.737. The van der Waals surface area contributed by atoms with Gasteiger partial charge in [0.05, 0.1) is 18.2 Å². The molecule has 1 aliphatic heterocycles. The lowest BCUT2D eigenvalue weighted by atomic mass is 9.97. The fourth-order valence-electron chi connectivity index (χ4n) is 4.71. The highest BCUT2D eigenvalue weighted by Gasteiger charge is 2.16. The zero-order chi connectivity index (χ0) is 30.6. The van der Waals surface area contributed by atoms with E-state index in [-0.39, 0.29) is 42.0 Å². The molecule has 0 saturated heterocycles. The van der Waals surface area contributed by atoms with Crippen LogP contribution in [-0.2, 0) is 27.2 Å². The number of aromatic nitrogens is 2. The predicted molar refractivity (Wildman–Crippen MR) is 168 cm³/mol. The second-order valence-electron chi connectivity index (χ2n) is 11.2. The topological polar surface area (TPSA) is 142 Å². The Morgan fingerprint density at radius 1 is 1.05 bits per heavy atom. The van der Waals surface area contributed by atoms with E-state index in [1.165, 1.54) is 11.3 Å². The molecule has 0 bridgehead atoms. The van der Waals surface area contributed by atoms with Crippen LogP contribution in [0.4, 0.5) is 5.13 Å². The van der Waals surface area contributed by atoms with Gasteiger partial charge in [-0.25, -0.2) is 5.43 Å². The van der Waals surface area contributed by atoms with Gasteiger partial charge in [0.25, 0.3) is 0 Å². The molecule has 3 amide bonds. The Balaban J connectivity index is 1.14. The standard InChI is InChI=1S/C32H41N7O3S/c1-21(2)31(42)33-22(3)25-13-9-12-24(18-25)20-28(40)34-27-17-16-26(36-37-27)14-7-8-15-30-38-39-32(43-30)35-29(41)19-23-10-5-4-6-11-23/h4-6,9-10,12-13,16-18,21-23,36-37H,7-8,11,14-15,19-20H2,1-3H3,(H,33,42)(H,34,40)(H,35,39,41)/p+1. The highest BCUT2D eigenvalue weighted by atomic mass is 32.1. The molecule has 0 saturated carbocycles. The number of amides is 3. The number of nitrogens with two attached hydrogens (primary N) is 1. The molecule has 1 aliphatic carbocycles. The second-order valence-corrected chi connectivity index (χ2v) is 12.3. The molecular formula is C32H42N7O3S+. The summed E-state index contributed by atoms with van der Waals surface area (Å²) in [7, 11) is 0. The summed E-state index contributed by atoms with van der Waals surface area (Å²) < 4.78 is 0. The van der Waals surface area contributed by atoms with Crippen LogP contribution in [0.3, 0.4) is 0 Å². The van der Waals surface area contributed by atoms with E-state index in [0.717, 1.165) is 53.9 Å². The van der Waals surface area contributed by atoms with Crippen LogP contribution in [-0.4, -0.2) is 27.9 Å². The molecule has 0 fully saturated rings. The smallest absolute Gasteiger partial charge is 0.232 e. The van der Waals surface area contributed by atoms with Crippen molar-refractivity contribution in [1.82, 2.24) is 26.3 Å². The summed E-state index contributed by atoms with van der Waals surface area (Å²) >= 11 is 1.43. The van der Waals surface area contributed by atoms with E-state index in [1.807, 2.05) is 74.8 Å². The van der Waals surface area contributed by atoms with Gasteiger partial charge < -0.3 is 10.6 Å². The van der Waals surface area contributed by atoms with Gasteiger partial charge in [0, 0.05) is 24.8 Å². The number of benzene rings is 1. The number of nitrogens with zero attached hydrogens (tertiary/aromatic N) is 2. The minimum Gasteiger partial charge on any atom is -0.349 e. The fraction of sp³-hybridized carbons (Fsp3) is 0.406. The second kappa shape index (κ2) is 15.9. The van der Waals surface area contributed by atoms with Crippen LogP contribution in [0.25, 0.3) is 0 Å². The molecule has 6 N–H and O–H groups in total. The first-order chi connectivity index (χ1) is 20.7. The number of carbonyl (C=O) groups excluding carboxylic acids is 3. The molecule has 1 aromatic carbocycles. The Kier molecular flexibility index (Phi) is 11.8. The molecule has 2 unspecified atom stereocenters. The normalized spacial score (nSPS) is 16.6. The summed E-state index contributed by atoms with van der Waals surface area (Å²) in [5, 5.41) is 18.6. The molecule has 11 heteroatoms. The Morgan fingerprint density at radius 2 is 1.88 bits per heavy atom. The summed E-state index contributed by atoms with van der Waals surface area (Å²) in [4.78, 5) is 37.0. The maximum absolute atomic E-state index is 12.7. The van der Waals surface area contributed by atoms with Crippen molar-refractivity contribution >= 4 is 34.2 Å². The summed E-state index contributed by atoms with van der Waals surface area (Å²) in [5.41, 5.74) is 8.03. The van der Waals surface area contributed by atoms with Gasteiger partial charge in [-0.05, 0) is 55.7 Å². The minimum absolute atomic E-state index is 0.00393. The first-order valence-electron chi connectivity index (χ1n) is 14.9. The zero-order valence-electron chi connectivity index (χ0n) is 25.1. The van der Waals surface area contributed by atoms with Gasteiger partial charge in [-0.2, -0.15) is 5.43 Å². The zero-order valence-corrected chi connectivity index (χ0v) is 25.9. The van der Waals surface area contributed by atoms with E-state index < -0.39 is 0 Å². The van der Waals surface area contributed by atoms with E-state index in [1.54, 1.807) is 0 Å². The largest absolute Gasteiger partial charge is 0.349 e. The number of hydrogen-bond donors (Lipinski definition) is 5. The van der Waals surface area contributed by atoms with Crippen LogP contribution >= 0.6 is 11.3 Å². The van der Waals surface area contributed by atoms with Crippen molar-refractivity contribution < 1.29 is 19.8 Å². The maximum atomic E-state index is 12.7. The van der Waals surface area contributed by atoms with Gasteiger partial charge >= 0.3 is 0 Å². The van der Waals surface area contributed by atoms with Crippen molar-refractivity contribution in [1.29, 1.82) is 0 Å². The lowest BCUT2D eigenvalue weighted by Crippen LogP contribution is -2.93. The van der Waals surface area contributed by atoms with E-state index in [9.17, 15) is 14.4 Å². The number of anilines is 1. The number of aryl methyl sites for hydroxylation is 1. The molecular weight excluding hydrogens is 562 g/mol. The molecule has 0 spiro atoms. The van der Waals surface area contributed by atoms with Gasteiger partial charge in [0.1, 0.15) is 5.01 Å². The van der Waals surface area contributed by atoms with Crippen LogP contribution in [0, 0.1) is 11.8 Å². The third-order valence-electron chi connectivity index (χ3n) is 7.18. The van der Waals surface area contributed by atoms with Crippen molar-refractivity contribution in [3.8, 4) is 0 Å². The van der Waals surface area contributed by atoms with E-state index in [4.69, 9.17) is 0 Å². The molecule has 43 heavy (non-hydrogen) atoms. The quantitative estimate of drug-likeness (QED) is 0.164. The Bertz CT molecular complexity index is 1410. The van der Waals surface area contributed by atoms with Crippen LogP contribution in [0.5, 0.6) is 0 Å². The highest BCUT2D eigenvalue weighted by molar-refractivity contribution is 7.15. The fourth-order valence-corrected chi connectivity index (χ4v) is 5.50. The van der Waals surface area contributed by atoms with Crippen LogP contribution < -0.4 is 26.8 Å². The average Bonchev–Trinajstić information content (AvgIpc) is 3.43. The maximum Gasteiger partial charge on any atom is 0.232 e. The minimum atomic E-state index is -0.129. The van der Waals surface area contributed by atoms with Crippen molar-refractivity contribution in [2.24, 2.45) is 11.8 Å². The van der Waals surface area contributed by atoms with Gasteiger partial charge in [-0.3, -0.25) is 19.7 Å².